The van der Waals surface area contributed by atoms with E-state index in [9.17, 15) is 4.79 Å². The number of nitrogens with zero attached hydrogens (tertiary/aromatic N) is 2. The van der Waals surface area contributed by atoms with Crippen LogP contribution in [0.25, 0.3) is 0 Å². The Labute approximate surface area is 119 Å². The highest BCUT2D eigenvalue weighted by Crippen LogP contribution is 2.12. The van der Waals surface area contributed by atoms with Crippen molar-refractivity contribution in [1.82, 2.24) is 9.80 Å². The SMILES string of the molecule is CCOCCN1CCN(C(=O)c2coc(CN)c2)CC1. The summed E-state index contributed by atoms with van der Waals surface area (Å²) in [4.78, 5) is 16.5. The maximum atomic E-state index is 12.3. The Morgan fingerprint density at radius 1 is 1.40 bits per heavy atom. The van der Waals surface area contributed by atoms with Crippen molar-refractivity contribution in [2.75, 3.05) is 45.9 Å². The molecule has 2 rings (SSSR count). The highest BCUT2D eigenvalue weighted by molar-refractivity contribution is 5.94. The van der Waals surface area contributed by atoms with E-state index in [2.05, 4.69) is 4.90 Å². The summed E-state index contributed by atoms with van der Waals surface area (Å²) in [6.45, 7) is 8.02. The van der Waals surface area contributed by atoms with Crippen molar-refractivity contribution >= 4 is 5.91 Å². The molecule has 1 saturated heterocycles. The molecule has 0 bridgehead atoms. The maximum absolute atomic E-state index is 12.3. The van der Waals surface area contributed by atoms with E-state index in [-0.39, 0.29) is 5.91 Å². The molecule has 1 fully saturated rings. The van der Waals surface area contributed by atoms with Gasteiger partial charge in [0, 0.05) is 39.3 Å². The van der Waals surface area contributed by atoms with Gasteiger partial charge in [-0.25, -0.2) is 0 Å². The predicted molar refractivity (Wildman–Crippen MR) is 75.4 cm³/mol. The van der Waals surface area contributed by atoms with Crippen LogP contribution in [-0.4, -0.2) is 61.6 Å². The molecule has 1 amide bonds. The van der Waals surface area contributed by atoms with Gasteiger partial charge in [0.25, 0.3) is 5.91 Å². The van der Waals surface area contributed by atoms with Crippen molar-refractivity contribution < 1.29 is 13.9 Å². The van der Waals surface area contributed by atoms with E-state index in [0.717, 1.165) is 45.9 Å². The van der Waals surface area contributed by atoms with E-state index >= 15 is 0 Å². The molecule has 0 radical (unpaired) electrons. The first-order valence-electron chi connectivity index (χ1n) is 7.11. The maximum Gasteiger partial charge on any atom is 0.257 e. The van der Waals surface area contributed by atoms with Gasteiger partial charge in [-0.1, -0.05) is 0 Å². The number of nitrogens with two attached hydrogens (primary N) is 1. The normalized spacial score (nSPS) is 16.6. The number of carbonyl (C=O) groups is 1. The van der Waals surface area contributed by atoms with E-state index in [1.54, 1.807) is 6.07 Å². The zero-order chi connectivity index (χ0) is 14.4. The summed E-state index contributed by atoms with van der Waals surface area (Å²) in [7, 11) is 0. The summed E-state index contributed by atoms with van der Waals surface area (Å²) in [5, 5.41) is 0. The lowest BCUT2D eigenvalue weighted by atomic mass is 10.2. The zero-order valence-corrected chi connectivity index (χ0v) is 12.0. The molecule has 6 nitrogen and oxygen atoms in total. The molecular formula is C14H23N3O3. The lowest BCUT2D eigenvalue weighted by Gasteiger charge is -2.34. The molecule has 1 aliphatic rings. The molecule has 112 valence electrons. The topological polar surface area (TPSA) is 71.9 Å². The second kappa shape index (κ2) is 7.42. The van der Waals surface area contributed by atoms with Gasteiger partial charge in [0.15, 0.2) is 0 Å². The van der Waals surface area contributed by atoms with Crippen LogP contribution < -0.4 is 5.73 Å². The van der Waals surface area contributed by atoms with Gasteiger partial charge in [0.2, 0.25) is 0 Å². The Morgan fingerprint density at radius 3 is 2.75 bits per heavy atom. The van der Waals surface area contributed by atoms with Crippen LogP contribution in [0.3, 0.4) is 0 Å². The van der Waals surface area contributed by atoms with Crippen molar-refractivity contribution in [2.45, 2.75) is 13.5 Å². The molecule has 6 heteroatoms. The molecule has 2 heterocycles. The fourth-order valence-electron chi connectivity index (χ4n) is 2.29. The summed E-state index contributed by atoms with van der Waals surface area (Å²) in [6, 6.07) is 1.73. The number of carbonyl (C=O) groups excluding carboxylic acids is 1. The number of furan rings is 1. The third-order valence-electron chi connectivity index (χ3n) is 3.52. The van der Waals surface area contributed by atoms with Gasteiger partial charge in [0.05, 0.1) is 18.7 Å². The van der Waals surface area contributed by atoms with Crippen molar-refractivity contribution in [3.05, 3.63) is 23.7 Å². The third-order valence-corrected chi connectivity index (χ3v) is 3.52. The summed E-state index contributed by atoms with van der Waals surface area (Å²) >= 11 is 0. The average molecular weight is 281 g/mol. The molecule has 0 atom stereocenters. The van der Waals surface area contributed by atoms with Gasteiger partial charge in [-0.3, -0.25) is 9.69 Å². The molecule has 0 spiro atoms. The second-order valence-electron chi connectivity index (χ2n) is 4.84. The Balaban J connectivity index is 1.79. The molecule has 0 aliphatic carbocycles. The van der Waals surface area contributed by atoms with E-state index in [1.807, 2.05) is 11.8 Å². The first kappa shape index (κ1) is 15.0. The first-order valence-corrected chi connectivity index (χ1v) is 7.11. The summed E-state index contributed by atoms with van der Waals surface area (Å²) < 4.78 is 10.6. The highest BCUT2D eigenvalue weighted by Gasteiger charge is 2.23. The quantitative estimate of drug-likeness (QED) is 0.770. The average Bonchev–Trinajstić information content (AvgIpc) is 2.96. The number of amides is 1. The molecule has 0 saturated carbocycles. The van der Waals surface area contributed by atoms with Crippen LogP contribution in [0.1, 0.15) is 23.0 Å². The molecule has 0 unspecified atom stereocenters. The van der Waals surface area contributed by atoms with Gasteiger partial charge in [-0.05, 0) is 13.0 Å². The first-order chi connectivity index (χ1) is 9.74. The van der Waals surface area contributed by atoms with Crippen LogP contribution in [0.4, 0.5) is 0 Å². The Morgan fingerprint density at radius 2 is 2.15 bits per heavy atom. The van der Waals surface area contributed by atoms with Gasteiger partial charge in [0.1, 0.15) is 12.0 Å². The van der Waals surface area contributed by atoms with E-state index < -0.39 is 0 Å². The third kappa shape index (κ3) is 3.82. The van der Waals surface area contributed by atoms with Crippen LogP contribution in [0, 0.1) is 0 Å². The molecule has 1 aromatic rings. The number of hydrogen-bond acceptors (Lipinski definition) is 5. The van der Waals surface area contributed by atoms with Crippen LogP contribution in [-0.2, 0) is 11.3 Å². The number of piperazine rings is 1. The van der Waals surface area contributed by atoms with E-state index in [0.29, 0.717) is 17.9 Å². The monoisotopic (exact) mass is 281 g/mol. The highest BCUT2D eigenvalue weighted by atomic mass is 16.5. The van der Waals surface area contributed by atoms with Crippen LogP contribution in [0.5, 0.6) is 0 Å². The largest absolute Gasteiger partial charge is 0.467 e. The molecular weight excluding hydrogens is 258 g/mol. The van der Waals surface area contributed by atoms with Gasteiger partial charge in [-0.2, -0.15) is 0 Å². The van der Waals surface area contributed by atoms with Crippen molar-refractivity contribution in [3.8, 4) is 0 Å². The predicted octanol–water partition coefficient (Wildman–Crippen LogP) is 0.533. The van der Waals surface area contributed by atoms with Crippen LogP contribution >= 0.6 is 0 Å². The molecule has 0 aromatic carbocycles. The summed E-state index contributed by atoms with van der Waals surface area (Å²) in [6.07, 6.45) is 1.49. The Hall–Kier alpha value is -1.37. The Kier molecular flexibility index (Phi) is 5.58. The van der Waals surface area contributed by atoms with E-state index in [4.69, 9.17) is 14.9 Å². The molecule has 1 aromatic heterocycles. The fourth-order valence-corrected chi connectivity index (χ4v) is 2.29. The van der Waals surface area contributed by atoms with Crippen LogP contribution in [0.15, 0.2) is 16.7 Å². The van der Waals surface area contributed by atoms with Crippen LogP contribution in [0.2, 0.25) is 0 Å². The van der Waals surface area contributed by atoms with Gasteiger partial charge in [-0.15, -0.1) is 0 Å². The fraction of sp³-hybridized carbons (Fsp3) is 0.643. The lowest BCUT2D eigenvalue weighted by molar-refractivity contribution is 0.0564. The number of rotatable bonds is 6. The smallest absolute Gasteiger partial charge is 0.257 e. The van der Waals surface area contributed by atoms with Crippen molar-refractivity contribution in [3.63, 3.8) is 0 Å². The Bertz CT molecular complexity index is 425. The molecule has 20 heavy (non-hydrogen) atoms. The number of hydrogen-bond donors (Lipinski definition) is 1. The minimum Gasteiger partial charge on any atom is -0.467 e. The van der Waals surface area contributed by atoms with Crippen molar-refractivity contribution in [1.29, 1.82) is 0 Å². The van der Waals surface area contributed by atoms with Gasteiger partial charge < -0.3 is 19.8 Å². The molecule has 1 aliphatic heterocycles. The lowest BCUT2D eigenvalue weighted by Crippen LogP contribution is -2.49. The van der Waals surface area contributed by atoms with Gasteiger partial charge >= 0.3 is 0 Å². The standard InChI is InChI=1S/C14H23N3O3/c1-2-19-8-7-16-3-5-17(6-4-16)14(18)12-9-13(10-15)20-11-12/h9,11H,2-8,10,15H2,1H3. The van der Waals surface area contributed by atoms with Crippen molar-refractivity contribution in [2.24, 2.45) is 5.73 Å². The summed E-state index contributed by atoms with van der Waals surface area (Å²) in [5.41, 5.74) is 6.07. The second-order valence-corrected chi connectivity index (χ2v) is 4.84. The molecule has 2 N–H and O–H groups in total. The zero-order valence-electron chi connectivity index (χ0n) is 12.0. The van der Waals surface area contributed by atoms with E-state index in [1.165, 1.54) is 6.26 Å². The minimum absolute atomic E-state index is 0.0258. The summed E-state index contributed by atoms with van der Waals surface area (Å²) in [5.74, 6) is 0.668. The number of ether oxygens (including phenoxy) is 1. The minimum atomic E-state index is 0.0258.